The zero-order valence-electron chi connectivity index (χ0n) is 19.8. The van der Waals surface area contributed by atoms with Crippen LogP contribution in [0.3, 0.4) is 0 Å². The number of halogens is 3. The number of hydrogen-bond donors (Lipinski definition) is 1. The van der Waals surface area contributed by atoms with Crippen molar-refractivity contribution < 1.29 is 22.4 Å². The monoisotopic (exact) mass is 534 g/mol. The van der Waals surface area contributed by atoms with E-state index in [4.69, 9.17) is 4.42 Å². The molecule has 192 valence electrons. The second-order valence-corrected chi connectivity index (χ2v) is 9.40. The molecule has 0 spiro atoms. The molecular weight excluding hydrogens is 513 g/mol. The van der Waals surface area contributed by atoms with Gasteiger partial charge in [-0.25, -0.2) is 0 Å². The average molecular weight is 535 g/mol. The molecule has 0 bridgehead atoms. The first-order chi connectivity index (χ1) is 18.4. The number of nitrogens with one attached hydrogen (secondary N) is 1. The van der Waals surface area contributed by atoms with Crippen LogP contribution in [0.5, 0.6) is 0 Å². The van der Waals surface area contributed by atoms with Crippen molar-refractivity contribution in [2.45, 2.75) is 23.1 Å². The van der Waals surface area contributed by atoms with E-state index >= 15 is 0 Å². The second kappa shape index (κ2) is 11.0. The number of carbonyl (C=O) groups excluding carboxylic acids is 1. The molecule has 2 heterocycles. The summed E-state index contributed by atoms with van der Waals surface area (Å²) in [6.07, 6.45) is -2.98. The van der Waals surface area contributed by atoms with Crippen LogP contribution >= 0.6 is 11.8 Å². The largest absolute Gasteiger partial charge is 0.461 e. The molecular formula is C28H21F3N4O2S. The molecule has 1 amide bonds. The number of alkyl halides is 3. The number of aromatic nitrogens is 3. The Hall–Kier alpha value is -4.31. The van der Waals surface area contributed by atoms with Gasteiger partial charge in [-0.3, -0.25) is 9.36 Å². The molecule has 0 saturated carbocycles. The Balaban J connectivity index is 1.49. The Morgan fingerprint density at radius 1 is 0.921 bits per heavy atom. The van der Waals surface area contributed by atoms with E-state index in [0.717, 1.165) is 29.5 Å². The minimum Gasteiger partial charge on any atom is -0.461 e. The number of anilines is 1. The topological polar surface area (TPSA) is 73.0 Å². The predicted molar refractivity (Wildman–Crippen MR) is 138 cm³/mol. The van der Waals surface area contributed by atoms with Crippen LogP contribution in [-0.2, 0) is 17.5 Å². The second-order valence-electron chi connectivity index (χ2n) is 8.33. The molecule has 1 N–H and O–H groups in total. The van der Waals surface area contributed by atoms with Crippen molar-refractivity contribution in [1.82, 2.24) is 14.8 Å². The van der Waals surface area contributed by atoms with Crippen LogP contribution in [0.1, 0.15) is 21.9 Å². The molecule has 0 saturated heterocycles. The van der Waals surface area contributed by atoms with Gasteiger partial charge >= 0.3 is 6.18 Å². The van der Waals surface area contributed by atoms with Gasteiger partial charge in [0.05, 0.1) is 18.4 Å². The van der Waals surface area contributed by atoms with E-state index in [2.05, 4.69) is 15.5 Å². The summed E-state index contributed by atoms with van der Waals surface area (Å²) in [7, 11) is 0. The number of carbonyl (C=O) groups is 1. The van der Waals surface area contributed by atoms with Crippen molar-refractivity contribution >= 4 is 23.4 Å². The Bertz CT molecular complexity index is 1500. The van der Waals surface area contributed by atoms with Crippen LogP contribution in [0.15, 0.2) is 113 Å². The van der Waals surface area contributed by atoms with Gasteiger partial charge in [-0.2, -0.15) is 13.2 Å². The van der Waals surface area contributed by atoms with Crippen LogP contribution in [0, 0.1) is 0 Å². The van der Waals surface area contributed by atoms with E-state index < -0.39 is 22.9 Å². The predicted octanol–water partition coefficient (Wildman–Crippen LogP) is 7.08. The Labute approximate surface area is 220 Å². The molecule has 0 unspecified atom stereocenters. The maximum absolute atomic E-state index is 13.5. The van der Waals surface area contributed by atoms with E-state index in [1.807, 2.05) is 41.0 Å². The summed E-state index contributed by atoms with van der Waals surface area (Å²) in [5.41, 5.74) is 0.862. The highest BCUT2D eigenvalue weighted by atomic mass is 32.2. The lowest BCUT2D eigenvalue weighted by Crippen LogP contribution is -2.20. The minimum absolute atomic E-state index is 0.0494. The maximum atomic E-state index is 13.5. The summed E-state index contributed by atoms with van der Waals surface area (Å²) in [5, 5.41) is 10.9. The van der Waals surface area contributed by atoms with Crippen molar-refractivity contribution in [3.63, 3.8) is 0 Å². The van der Waals surface area contributed by atoms with Crippen molar-refractivity contribution in [1.29, 1.82) is 0 Å². The number of furan rings is 1. The zero-order chi connectivity index (χ0) is 26.5. The number of rotatable bonds is 8. The summed E-state index contributed by atoms with van der Waals surface area (Å²) in [6.45, 7) is 0.420. The zero-order valence-corrected chi connectivity index (χ0v) is 20.6. The first-order valence-electron chi connectivity index (χ1n) is 11.6. The fraction of sp³-hybridized carbons (Fsp3) is 0.107. The molecule has 0 aliphatic heterocycles. The van der Waals surface area contributed by atoms with E-state index in [0.29, 0.717) is 28.8 Å². The standard InChI is InChI=1S/C28H21F3N4O2S/c29-28(30,31)21-13-7-14-22(17-21)32-26(36)24(20-11-5-2-6-12-20)38-27-34-33-25(23-15-8-16-37-23)35(27)18-19-9-3-1-4-10-19/h1-17,24H,18H2,(H,32,36)/t24-/m1/s1. The Kier molecular flexibility index (Phi) is 7.32. The summed E-state index contributed by atoms with van der Waals surface area (Å²) in [6, 6.07) is 26.8. The van der Waals surface area contributed by atoms with Gasteiger partial charge < -0.3 is 9.73 Å². The normalized spacial score (nSPS) is 12.3. The van der Waals surface area contributed by atoms with Crippen LogP contribution < -0.4 is 5.32 Å². The molecule has 0 radical (unpaired) electrons. The van der Waals surface area contributed by atoms with E-state index in [-0.39, 0.29) is 5.69 Å². The van der Waals surface area contributed by atoms with Gasteiger partial charge in [0.1, 0.15) is 5.25 Å². The van der Waals surface area contributed by atoms with Crippen molar-refractivity contribution in [3.8, 4) is 11.6 Å². The molecule has 0 fully saturated rings. The van der Waals surface area contributed by atoms with Gasteiger partial charge in [-0.15, -0.1) is 10.2 Å². The van der Waals surface area contributed by atoms with Crippen molar-refractivity contribution in [2.75, 3.05) is 5.32 Å². The first kappa shape index (κ1) is 25.3. The van der Waals surface area contributed by atoms with Crippen LogP contribution in [0.4, 0.5) is 18.9 Å². The fourth-order valence-electron chi connectivity index (χ4n) is 3.86. The van der Waals surface area contributed by atoms with Crippen molar-refractivity contribution in [3.05, 3.63) is 120 Å². The average Bonchev–Trinajstić information content (AvgIpc) is 3.58. The molecule has 1 atom stereocenters. The molecule has 5 rings (SSSR count). The van der Waals surface area contributed by atoms with Crippen LogP contribution in [0.25, 0.3) is 11.6 Å². The van der Waals surface area contributed by atoms with Gasteiger partial charge in [0.15, 0.2) is 10.9 Å². The lowest BCUT2D eigenvalue weighted by Gasteiger charge is -2.18. The fourth-order valence-corrected chi connectivity index (χ4v) is 4.90. The lowest BCUT2D eigenvalue weighted by molar-refractivity contribution is -0.137. The van der Waals surface area contributed by atoms with Crippen LogP contribution in [-0.4, -0.2) is 20.7 Å². The van der Waals surface area contributed by atoms with E-state index in [1.54, 1.807) is 42.7 Å². The third-order valence-electron chi connectivity index (χ3n) is 5.66. The van der Waals surface area contributed by atoms with Gasteiger partial charge in [-0.1, -0.05) is 78.5 Å². The molecule has 38 heavy (non-hydrogen) atoms. The van der Waals surface area contributed by atoms with Gasteiger partial charge in [0, 0.05) is 5.69 Å². The first-order valence-corrected chi connectivity index (χ1v) is 12.5. The van der Waals surface area contributed by atoms with Gasteiger partial charge in [-0.05, 0) is 41.5 Å². The maximum Gasteiger partial charge on any atom is 0.416 e. The lowest BCUT2D eigenvalue weighted by atomic mass is 10.1. The molecule has 2 aromatic heterocycles. The van der Waals surface area contributed by atoms with Gasteiger partial charge in [0.25, 0.3) is 0 Å². The summed E-state index contributed by atoms with van der Waals surface area (Å²) >= 11 is 1.16. The number of amides is 1. The van der Waals surface area contributed by atoms with Gasteiger partial charge in [0.2, 0.25) is 11.7 Å². The molecule has 3 aromatic carbocycles. The summed E-state index contributed by atoms with van der Waals surface area (Å²) in [5.74, 6) is 0.519. The molecule has 0 aliphatic rings. The molecule has 6 nitrogen and oxygen atoms in total. The minimum atomic E-state index is -4.52. The quantitative estimate of drug-likeness (QED) is 0.216. The molecule has 0 aliphatic carbocycles. The molecule has 10 heteroatoms. The summed E-state index contributed by atoms with van der Waals surface area (Å²) < 4.78 is 47.1. The third-order valence-corrected chi connectivity index (χ3v) is 6.90. The molecule has 5 aromatic rings. The van der Waals surface area contributed by atoms with Crippen molar-refractivity contribution in [2.24, 2.45) is 0 Å². The number of nitrogens with zero attached hydrogens (tertiary/aromatic N) is 3. The third kappa shape index (κ3) is 5.81. The van der Waals surface area contributed by atoms with E-state index in [1.165, 1.54) is 12.1 Å². The highest BCUT2D eigenvalue weighted by molar-refractivity contribution is 8.00. The van der Waals surface area contributed by atoms with E-state index in [9.17, 15) is 18.0 Å². The number of thioether (sulfide) groups is 1. The summed E-state index contributed by atoms with van der Waals surface area (Å²) in [4.78, 5) is 13.5. The Morgan fingerprint density at radius 3 is 2.34 bits per heavy atom. The van der Waals surface area contributed by atoms with Crippen LogP contribution in [0.2, 0.25) is 0 Å². The SMILES string of the molecule is O=C(Nc1cccc(C(F)(F)F)c1)[C@H](Sc1nnc(-c2ccco2)n1Cc1ccccc1)c1ccccc1. The number of benzene rings is 3. The highest BCUT2D eigenvalue weighted by Gasteiger charge is 2.31. The smallest absolute Gasteiger partial charge is 0.416 e. The Morgan fingerprint density at radius 2 is 1.66 bits per heavy atom. The highest BCUT2D eigenvalue weighted by Crippen LogP contribution is 2.38. The number of hydrogen-bond acceptors (Lipinski definition) is 5.